The molecule has 21 heavy (non-hydrogen) atoms. The fourth-order valence-electron chi connectivity index (χ4n) is 2.81. The van der Waals surface area contributed by atoms with Crippen LogP contribution >= 0.6 is 0 Å². The van der Waals surface area contributed by atoms with Crippen LogP contribution in [-0.2, 0) is 16.0 Å². The third-order valence-electron chi connectivity index (χ3n) is 4.16. The number of nitrogens with one attached hydrogen (secondary N) is 2. The van der Waals surface area contributed by atoms with Crippen molar-refractivity contribution in [2.45, 2.75) is 44.6 Å². The van der Waals surface area contributed by atoms with Gasteiger partial charge in [0.15, 0.2) is 0 Å². The number of carbonyl (C=O) groups excluding carboxylic acids is 1. The van der Waals surface area contributed by atoms with Crippen LogP contribution < -0.4 is 10.6 Å². The third kappa shape index (κ3) is 3.61. The molecule has 5 nitrogen and oxygen atoms in total. The van der Waals surface area contributed by atoms with E-state index in [9.17, 15) is 9.59 Å². The van der Waals surface area contributed by atoms with E-state index in [0.717, 1.165) is 31.4 Å². The molecule has 3 N–H and O–H groups in total. The van der Waals surface area contributed by atoms with Gasteiger partial charge in [0.2, 0.25) is 5.91 Å². The number of amides is 1. The highest BCUT2D eigenvalue weighted by Crippen LogP contribution is 2.26. The molecule has 0 aliphatic carbocycles. The molecule has 114 valence electrons. The van der Waals surface area contributed by atoms with Gasteiger partial charge in [-0.2, -0.15) is 0 Å². The number of anilines is 1. The molecule has 0 spiro atoms. The highest BCUT2D eigenvalue weighted by atomic mass is 16.4. The first-order valence-electron chi connectivity index (χ1n) is 7.43. The Morgan fingerprint density at radius 1 is 1.38 bits per heavy atom. The van der Waals surface area contributed by atoms with Gasteiger partial charge in [0, 0.05) is 12.1 Å². The van der Waals surface area contributed by atoms with Crippen LogP contribution in [0.15, 0.2) is 24.3 Å². The van der Waals surface area contributed by atoms with Gasteiger partial charge in [0.25, 0.3) is 0 Å². The maximum Gasteiger partial charge on any atom is 0.303 e. The van der Waals surface area contributed by atoms with E-state index in [4.69, 9.17) is 5.11 Å². The average molecular weight is 290 g/mol. The van der Waals surface area contributed by atoms with Gasteiger partial charge < -0.3 is 15.7 Å². The molecule has 1 saturated heterocycles. The molecule has 1 aliphatic heterocycles. The monoisotopic (exact) mass is 290 g/mol. The van der Waals surface area contributed by atoms with Gasteiger partial charge in [-0.15, -0.1) is 0 Å². The quantitative estimate of drug-likeness (QED) is 0.750. The van der Waals surface area contributed by atoms with Crippen molar-refractivity contribution in [3.63, 3.8) is 0 Å². The van der Waals surface area contributed by atoms with E-state index >= 15 is 0 Å². The Balaban J connectivity index is 2.11. The van der Waals surface area contributed by atoms with Crippen LogP contribution in [0.25, 0.3) is 0 Å². The molecule has 1 heterocycles. The first kappa shape index (κ1) is 15.5. The Morgan fingerprint density at radius 3 is 2.76 bits per heavy atom. The van der Waals surface area contributed by atoms with Gasteiger partial charge in [-0.1, -0.05) is 25.1 Å². The Labute approximate surface area is 124 Å². The zero-order chi connectivity index (χ0) is 15.3. The Hall–Kier alpha value is -1.88. The topological polar surface area (TPSA) is 78.4 Å². The van der Waals surface area contributed by atoms with Crippen molar-refractivity contribution < 1.29 is 14.7 Å². The molecule has 0 saturated carbocycles. The Kier molecular flexibility index (Phi) is 4.96. The van der Waals surface area contributed by atoms with Gasteiger partial charge in [0.1, 0.15) is 0 Å². The van der Waals surface area contributed by atoms with E-state index in [-0.39, 0.29) is 12.3 Å². The molecule has 2 rings (SSSR count). The number of rotatable bonds is 6. The van der Waals surface area contributed by atoms with Crippen LogP contribution in [0.4, 0.5) is 5.69 Å². The first-order chi connectivity index (χ1) is 10.1. The van der Waals surface area contributed by atoms with Crippen LogP contribution in [0.3, 0.4) is 0 Å². The van der Waals surface area contributed by atoms with Crippen LogP contribution in [-0.4, -0.2) is 29.1 Å². The van der Waals surface area contributed by atoms with E-state index < -0.39 is 11.5 Å². The summed E-state index contributed by atoms with van der Waals surface area (Å²) in [5.41, 5.74) is 1.09. The number of aliphatic carboxylic acids is 1. The van der Waals surface area contributed by atoms with Crippen molar-refractivity contribution in [2.24, 2.45) is 0 Å². The maximum absolute atomic E-state index is 12.6. The summed E-state index contributed by atoms with van der Waals surface area (Å²) in [6, 6.07) is 7.39. The second-order valence-electron chi connectivity index (χ2n) is 5.47. The normalized spacial score (nSPS) is 21.2. The molecule has 1 fully saturated rings. The number of benzene rings is 1. The van der Waals surface area contributed by atoms with Crippen molar-refractivity contribution in [3.8, 4) is 0 Å². The van der Waals surface area contributed by atoms with Gasteiger partial charge in [0.05, 0.1) is 5.54 Å². The van der Waals surface area contributed by atoms with Crippen molar-refractivity contribution in [1.82, 2.24) is 5.32 Å². The summed E-state index contributed by atoms with van der Waals surface area (Å²) in [5, 5.41) is 15.1. The van der Waals surface area contributed by atoms with E-state index in [1.165, 1.54) is 0 Å². The second kappa shape index (κ2) is 6.72. The lowest BCUT2D eigenvalue weighted by Gasteiger charge is -2.27. The number of carboxylic acids is 1. The van der Waals surface area contributed by atoms with Gasteiger partial charge in [-0.3, -0.25) is 9.59 Å². The molecule has 0 bridgehead atoms. The summed E-state index contributed by atoms with van der Waals surface area (Å²) in [6.07, 6.45) is 3.06. The summed E-state index contributed by atoms with van der Waals surface area (Å²) in [5.74, 6) is -0.858. The van der Waals surface area contributed by atoms with Crippen LogP contribution in [0.5, 0.6) is 0 Å². The second-order valence-corrected chi connectivity index (χ2v) is 5.47. The summed E-state index contributed by atoms with van der Waals surface area (Å²) >= 11 is 0. The molecule has 1 aromatic carbocycles. The van der Waals surface area contributed by atoms with Crippen molar-refractivity contribution in [3.05, 3.63) is 29.8 Å². The molecule has 0 aromatic heterocycles. The molecule has 0 radical (unpaired) electrons. The van der Waals surface area contributed by atoms with Crippen LogP contribution in [0, 0.1) is 0 Å². The smallest absolute Gasteiger partial charge is 0.303 e. The number of hydrogen-bond acceptors (Lipinski definition) is 3. The molecular formula is C16H22N2O3. The predicted octanol–water partition coefficient (Wildman–Crippen LogP) is 2.17. The molecule has 1 unspecified atom stereocenters. The van der Waals surface area contributed by atoms with E-state index in [1.807, 2.05) is 31.2 Å². The highest BCUT2D eigenvalue weighted by molar-refractivity contribution is 5.98. The molecular weight excluding hydrogens is 268 g/mol. The van der Waals surface area contributed by atoms with Gasteiger partial charge >= 0.3 is 5.97 Å². The predicted molar refractivity (Wildman–Crippen MR) is 81.3 cm³/mol. The third-order valence-corrected chi connectivity index (χ3v) is 4.16. The molecule has 1 atom stereocenters. The number of para-hydroxylation sites is 1. The highest BCUT2D eigenvalue weighted by Gasteiger charge is 2.39. The van der Waals surface area contributed by atoms with Crippen molar-refractivity contribution in [1.29, 1.82) is 0 Å². The van der Waals surface area contributed by atoms with E-state index in [0.29, 0.717) is 12.1 Å². The summed E-state index contributed by atoms with van der Waals surface area (Å²) < 4.78 is 0. The summed E-state index contributed by atoms with van der Waals surface area (Å²) in [4.78, 5) is 23.3. The van der Waals surface area contributed by atoms with E-state index in [1.54, 1.807) is 0 Å². The van der Waals surface area contributed by atoms with Gasteiger partial charge in [-0.25, -0.2) is 0 Å². The lowest BCUT2D eigenvalue weighted by atomic mass is 9.93. The summed E-state index contributed by atoms with van der Waals surface area (Å²) in [6.45, 7) is 2.87. The molecule has 1 aromatic rings. The number of carboxylic acid groups (broad SMARTS) is 1. The van der Waals surface area contributed by atoms with Gasteiger partial charge in [-0.05, 0) is 43.9 Å². The fraction of sp³-hybridized carbons (Fsp3) is 0.500. The minimum atomic E-state index is -0.835. The molecule has 1 aliphatic rings. The Morgan fingerprint density at radius 2 is 2.14 bits per heavy atom. The molecule has 1 amide bonds. The minimum absolute atomic E-state index is 0.0229. The fourth-order valence-corrected chi connectivity index (χ4v) is 2.81. The minimum Gasteiger partial charge on any atom is -0.481 e. The zero-order valence-corrected chi connectivity index (χ0v) is 12.3. The van der Waals surface area contributed by atoms with Crippen LogP contribution in [0.1, 0.15) is 38.2 Å². The van der Waals surface area contributed by atoms with E-state index in [2.05, 4.69) is 10.6 Å². The lowest BCUT2D eigenvalue weighted by Crippen LogP contribution is -2.50. The van der Waals surface area contributed by atoms with Crippen molar-refractivity contribution >= 4 is 17.6 Å². The van der Waals surface area contributed by atoms with Crippen LogP contribution in [0.2, 0.25) is 0 Å². The molecule has 5 heteroatoms. The lowest BCUT2D eigenvalue weighted by molar-refractivity contribution is -0.137. The Bertz CT molecular complexity index is 522. The number of hydrogen-bond donors (Lipinski definition) is 3. The zero-order valence-electron chi connectivity index (χ0n) is 12.3. The maximum atomic E-state index is 12.6. The first-order valence-corrected chi connectivity index (χ1v) is 7.43. The number of carbonyl (C=O) groups is 2. The summed E-state index contributed by atoms with van der Waals surface area (Å²) in [7, 11) is 0. The largest absolute Gasteiger partial charge is 0.481 e. The average Bonchev–Trinajstić information content (AvgIpc) is 2.96. The van der Waals surface area contributed by atoms with Crippen molar-refractivity contribution in [2.75, 3.05) is 11.9 Å². The standard InChI is InChI=1S/C16H22N2O3/c1-2-16(10-5-11-17-16)15(21)18-13-7-4-3-6-12(13)8-9-14(19)20/h3-4,6-7,17H,2,5,8-11H2,1H3,(H,18,21)(H,19,20). The SMILES string of the molecule is CCC1(C(=O)Nc2ccccc2CCC(=O)O)CCCN1. The number of aryl methyl sites for hydroxylation is 1.